The van der Waals surface area contributed by atoms with E-state index in [2.05, 4.69) is 10.3 Å². The highest BCUT2D eigenvalue weighted by Crippen LogP contribution is 2.20. The molecule has 2 rings (SSSR count). The Morgan fingerprint density at radius 2 is 1.95 bits per heavy atom. The summed E-state index contributed by atoms with van der Waals surface area (Å²) in [6.07, 6.45) is 1.15. The van der Waals surface area contributed by atoms with Crippen molar-refractivity contribution < 1.29 is 19.2 Å². The molecule has 0 atom stereocenters. The SMILES string of the molecule is Nc1ccc(F)cc1NC(=O)c1ccc(C(=O)NO)nc1. The van der Waals surface area contributed by atoms with Crippen LogP contribution in [0.15, 0.2) is 36.5 Å². The van der Waals surface area contributed by atoms with Crippen molar-refractivity contribution in [2.24, 2.45) is 0 Å². The molecule has 0 saturated heterocycles. The highest BCUT2D eigenvalue weighted by Gasteiger charge is 2.11. The molecule has 2 aromatic rings. The van der Waals surface area contributed by atoms with Gasteiger partial charge in [0.25, 0.3) is 11.8 Å². The van der Waals surface area contributed by atoms with Crippen LogP contribution in [0.3, 0.4) is 0 Å². The summed E-state index contributed by atoms with van der Waals surface area (Å²) in [5.41, 5.74) is 7.49. The first-order valence-corrected chi connectivity index (χ1v) is 5.78. The van der Waals surface area contributed by atoms with E-state index >= 15 is 0 Å². The maximum absolute atomic E-state index is 13.1. The van der Waals surface area contributed by atoms with Gasteiger partial charge in [-0.3, -0.25) is 19.8 Å². The Labute approximate surface area is 118 Å². The fraction of sp³-hybridized carbons (Fsp3) is 0. The monoisotopic (exact) mass is 290 g/mol. The number of hydroxylamine groups is 1. The number of carbonyl (C=O) groups is 2. The predicted octanol–water partition coefficient (Wildman–Crippen LogP) is 1.17. The lowest BCUT2D eigenvalue weighted by molar-refractivity contribution is 0.0700. The third-order valence-corrected chi connectivity index (χ3v) is 2.62. The van der Waals surface area contributed by atoms with Gasteiger partial charge in [0, 0.05) is 6.20 Å². The van der Waals surface area contributed by atoms with Gasteiger partial charge in [0.15, 0.2) is 0 Å². The third kappa shape index (κ3) is 3.31. The minimum atomic E-state index is -0.795. The van der Waals surface area contributed by atoms with Crippen molar-refractivity contribution in [1.82, 2.24) is 10.5 Å². The van der Waals surface area contributed by atoms with Gasteiger partial charge >= 0.3 is 0 Å². The second-order valence-electron chi connectivity index (χ2n) is 4.06. The molecule has 0 spiro atoms. The first kappa shape index (κ1) is 14.4. The van der Waals surface area contributed by atoms with Crippen molar-refractivity contribution in [3.05, 3.63) is 53.6 Å². The number of nitrogens with one attached hydrogen (secondary N) is 2. The van der Waals surface area contributed by atoms with E-state index < -0.39 is 17.6 Å². The number of pyridine rings is 1. The molecular weight excluding hydrogens is 279 g/mol. The Morgan fingerprint density at radius 3 is 2.57 bits per heavy atom. The summed E-state index contributed by atoms with van der Waals surface area (Å²) >= 11 is 0. The van der Waals surface area contributed by atoms with E-state index in [1.165, 1.54) is 29.7 Å². The molecule has 0 radical (unpaired) electrons. The van der Waals surface area contributed by atoms with Gasteiger partial charge in [-0.1, -0.05) is 0 Å². The molecular formula is C13H11FN4O3. The van der Waals surface area contributed by atoms with Crippen molar-refractivity contribution in [3.8, 4) is 0 Å². The largest absolute Gasteiger partial charge is 0.397 e. The molecule has 2 amide bonds. The molecule has 0 aliphatic rings. The number of hydrogen-bond donors (Lipinski definition) is 4. The van der Waals surface area contributed by atoms with E-state index in [0.717, 1.165) is 12.3 Å². The van der Waals surface area contributed by atoms with Gasteiger partial charge in [0.1, 0.15) is 11.5 Å². The summed E-state index contributed by atoms with van der Waals surface area (Å²) in [6, 6.07) is 6.19. The molecule has 1 aromatic heterocycles. The molecule has 1 aromatic carbocycles. The summed E-state index contributed by atoms with van der Waals surface area (Å²) in [6.45, 7) is 0. The Bertz CT molecular complexity index is 688. The van der Waals surface area contributed by atoms with Crippen molar-refractivity contribution in [2.45, 2.75) is 0 Å². The van der Waals surface area contributed by atoms with Gasteiger partial charge in [-0.2, -0.15) is 0 Å². The van der Waals surface area contributed by atoms with Gasteiger partial charge in [0.05, 0.1) is 16.9 Å². The first-order chi connectivity index (χ1) is 10.0. The first-order valence-electron chi connectivity index (χ1n) is 5.78. The summed E-state index contributed by atoms with van der Waals surface area (Å²) < 4.78 is 13.1. The van der Waals surface area contributed by atoms with Gasteiger partial charge in [-0.05, 0) is 30.3 Å². The molecule has 0 bridgehead atoms. The van der Waals surface area contributed by atoms with Crippen molar-refractivity contribution in [1.29, 1.82) is 0 Å². The van der Waals surface area contributed by atoms with Gasteiger partial charge in [-0.25, -0.2) is 9.87 Å². The summed E-state index contributed by atoms with van der Waals surface area (Å²) in [7, 11) is 0. The molecule has 1 heterocycles. The summed E-state index contributed by atoms with van der Waals surface area (Å²) in [4.78, 5) is 26.7. The molecule has 108 valence electrons. The Balaban J connectivity index is 2.17. The van der Waals surface area contributed by atoms with E-state index in [1.807, 2.05) is 0 Å². The Morgan fingerprint density at radius 1 is 1.19 bits per heavy atom. The zero-order valence-corrected chi connectivity index (χ0v) is 10.6. The molecule has 0 aliphatic heterocycles. The van der Waals surface area contributed by atoms with Crippen LogP contribution in [0.5, 0.6) is 0 Å². The quantitative estimate of drug-likeness (QED) is 0.384. The number of nitrogens with zero attached hydrogens (tertiary/aromatic N) is 1. The number of amides is 2. The number of hydrogen-bond acceptors (Lipinski definition) is 5. The fourth-order valence-corrected chi connectivity index (χ4v) is 1.55. The summed E-state index contributed by atoms with van der Waals surface area (Å²) in [5.74, 6) is -1.89. The lowest BCUT2D eigenvalue weighted by Crippen LogP contribution is -2.20. The number of rotatable bonds is 3. The van der Waals surface area contributed by atoms with E-state index in [-0.39, 0.29) is 22.6 Å². The molecule has 5 N–H and O–H groups in total. The molecule has 0 unspecified atom stereocenters. The van der Waals surface area contributed by atoms with Crippen LogP contribution in [0.4, 0.5) is 15.8 Å². The highest BCUT2D eigenvalue weighted by molar-refractivity contribution is 6.05. The van der Waals surface area contributed by atoms with Crippen LogP contribution >= 0.6 is 0 Å². The van der Waals surface area contributed by atoms with E-state index in [4.69, 9.17) is 10.9 Å². The maximum atomic E-state index is 13.1. The van der Waals surface area contributed by atoms with Crippen molar-refractivity contribution >= 4 is 23.2 Å². The van der Waals surface area contributed by atoms with Gasteiger partial charge in [-0.15, -0.1) is 0 Å². The molecule has 0 saturated carbocycles. The van der Waals surface area contributed by atoms with Crippen LogP contribution < -0.4 is 16.5 Å². The summed E-state index contributed by atoms with van der Waals surface area (Å²) in [5, 5.41) is 10.9. The van der Waals surface area contributed by atoms with Crippen LogP contribution in [-0.2, 0) is 0 Å². The molecule has 21 heavy (non-hydrogen) atoms. The maximum Gasteiger partial charge on any atom is 0.293 e. The van der Waals surface area contributed by atoms with Gasteiger partial charge in [0.2, 0.25) is 0 Å². The van der Waals surface area contributed by atoms with Crippen LogP contribution in [-0.4, -0.2) is 22.0 Å². The zero-order valence-electron chi connectivity index (χ0n) is 10.6. The number of anilines is 2. The van der Waals surface area contributed by atoms with Crippen LogP contribution in [0, 0.1) is 5.82 Å². The van der Waals surface area contributed by atoms with Crippen molar-refractivity contribution in [3.63, 3.8) is 0 Å². The van der Waals surface area contributed by atoms with Gasteiger partial charge < -0.3 is 11.1 Å². The minimum Gasteiger partial charge on any atom is -0.397 e. The minimum absolute atomic E-state index is 0.0562. The number of nitrogens with two attached hydrogens (primary N) is 1. The van der Waals surface area contributed by atoms with Crippen LogP contribution in [0.2, 0.25) is 0 Å². The molecule has 0 fully saturated rings. The number of benzene rings is 1. The topological polar surface area (TPSA) is 117 Å². The van der Waals surface area contributed by atoms with Crippen molar-refractivity contribution in [2.75, 3.05) is 11.1 Å². The fourth-order valence-electron chi connectivity index (χ4n) is 1.55. The third-order valence-electron chi connectivity index (χ3n) is 2.62. The number of aromatic nitrogens is 1. The second-order valence-corrected chi connectivity index (χ2v) is 4.06. The number of halogens is 1. The Kier molecular flexibility index (Phi) is 4.10. The standard InChI is InChI=1S/C13H11FN4O3/c14-8-2-3-9(15)11(5-8)17-12(19)7-1-4-10(16-6-7)13(20)18-21/h1-6,21H,15H2,(H,17,19)(H,18,20). The average Bonchev–Trinajstić information content (AvgIpc) is 2.50. The van der Waals surface area contributed by atoms with E-state index in [0.29, 0.717) is 0 Å². The molecule has 0 aliphatic carbocycles. The normalized spacial score (nSPS) is 10.0. The zero-order chi connectivity index (χ0) is 15.4. The molecule has 7 nitrogen and oxygen atoms in total. The van der Waals surface area contributed by atoms with Crippen LogP contribution in [0.25, 0.3) is 0 Å². The van der Waals surface area contributed by atoms with Crippen LogP contribution in [0.1, 0.15) is 20.8 Å². The lowest BCUT2D eigenvalue weighted by Gasteiger charge is -2.08. The van der Waals surface area contributed by atoms with E-state index in [9.17, 15) is 14.0 Å². The average molecular weight is 290 g/mol. The second kappa shape index (κ2) is 5.97. The smallest absolute Gasteiger partial charge is 0.293 e. The highest BCUT2D eigenvalue weighted by atomic mass is 19.1. The Hall–Kier alpha value is -3.00. The molecule has 8 heteroatoms. The number of carbonyl (C=O) groups excluding carboxylic acids is 2. The number of nitrogen functional groups attached to an aromatic ring is 1. The van der Waals surface area contributed by atoms with E-state index in [1.54, 1.807) is 0 Å². The predicted molar refractivity (Wildman–Crippen MR) is 72.3 cm³/mol. The lowest BCUT2D eigenvalue weighted by atomic mass is 10.2.